The van der Waals surface area contributed by atoms with Crippen molar-refractivity contribution in [1.82, 2.24) is 9.47 Å². The van der Waals surface area contributed by atoms with Gasteiger partial charge in [-0.15, -0.1) is 0 Å². The molecule has 0 aliphatic carbocycles. The molecule has 0 N–H and O–H groups in total. The first kappa shape index (κ1) is 30.2. The lowest BCUT2D eigenvalue weighted by Crippen LogP contribution is -2.55. The zero-order valence-corrected chi connectivity index (χ0v) is 23.7. The van der Waals surface area contributed by atoms with Crippen molar-refractivity contribution in [3.05, 3.63) is 0 Å². The van der Waals surface area contributed by atoms with Crippen molar-refractivity contribution in [2.45, 2.75) is 98.8 Å². The Labute approximate surface area is 191 Å². The Hall–Kier alpha value is 0.234. The normalized spacial score (nSPS) is 13.0. The van der Waals surface area contributed by atoms with Crippen molar-refractivity contribution in [2.24, 2.45) is 0 Å². The smallest absolute Gasteiger partial charge is 0.374 e. The van der Waals surface area contributed by atoms with Crippen molar-refractivity contribution >= 4 is 17.0 Å². The topological polar surface area (TPSA) is 34.2 Å². The Kier molecular flexibility index (Phi) is 17.9. The Morgan fingerprint density at radius 1 is 0.567 bits per heavy atom. The van der Waals surface area contributed by atoms with Gasteiger partial charge in [-0.05, 0) is 77.8 Å². The van der Waals surface area contributed by atoms with Crippen LogP contribution in [0.2, 0.25) is 24.2 Å². The van der Waals surface area contributed by atoms with E-state index in [1.807, 2.05) is 20.8 Å². The second-order valence-corrected chi connectivity index (χ2v) is 16.1. The average molecular weight is 463 g/mol. The van der Waals surface area contributed by atoms with E-state index in [1.54, 1.807) is 0 Å². The van der Waals surface area contributed by atoms with Crippen molar-refractivity contribution in [2.75, 3.05) is 52.5 Å². The summed E-state index contributed by atoms with van der Waals surface area (Å²) in [6.45, 7) is 26.0. The van der Waals surface area contributed by atoms with Crippen LogP contribution in [-0.2, 0) is 13.3 Å². The van der Waals surface area contributed by atoms with Crippen LogP contribution in [0.1, 0.15) is 74.7 Å². The van der Waals surface area contributed by atoms with Crippen LogP contribution in [0, 0.1) is 0 Å². The fraction of sp³-hybridized carbons (Fsp3) is 1.00. The summed E-state index contributed by atoms with van der Waals surface area (Å²) in [5, 5.41) is 0. The van der Waals surface area contributed by atoms with Gasteiger partial charge in [0.1, 0.15) is 8.24 Å². The van der Waals surface area contributed by atoms with Crippen LogP contribution in [0.25, 0.3) is 0 Å². The minimum absolute atomic E-state index is 0.663. The van der Waals surface area contributed by atoms with Gasteiger partial charge in [0.05, 0.1) is 0 Å². The summed E-state index contributed by atoms with van der Waals surface area (Å²) in [7, 11) is -3.96. The van der Waals surface area contributed by atoms with Gasteiger partial charge in [-0.3, -0.25) is 0 Å². The average Bonchev–Trinajstić information content (AvgIpc) is 2.73. The molecule has 30 heavy (non-hydrogen) atoms. The first-order valence-electron chi connectivity index (χ1n) is 12.9. The van der Waals surface area contributed by atoms with Gasteiger partial charge < -0.3 is 22.7 Å². The van der Waals surface area contributed by atoms with Crippen molar-refractivity contribution in [1.29, 1.82) is 0 Å². The lowest BCUT2D eigenvalue weighted by atomic mass is 10.3. The third kappa shape index (κ3) is 10.2. The van der Waals surface area contributed by atoms with Crippen LogP contribution in [0.5, 0.6) is 0 Å². The van der Waals surface area contributed by atoms with E-state index in [0.29, 0.717) is 19.8 Å². The summed E-state index contributed by atoms with van der Waals surface area (Å²) in [6.07, 6.45) is 3.58. The lowest BCUT2D eigenvalue weighted by Gasteiger charge is -2.42. The number of nitrogens with zero attached hydrogens (tertiary/aromatic N) is 2. The van der Waals surface area contributed by atoms with Gasteiger partial charge >= 0.3 is 8.80 Å². The molecule has 0 amide bonds. The lowest BCUT2D eigenvalue weighted by molar-refractivity contribution is 0.0703. The number of hydrogen-bond acceptors (Lipinski definition) is 5. The molecule has 0 aromatic rings. The monoisotopic (exact) mass is 462 g/mol. The van der Waals surface area contributed by atoms with Crippen LogP contribution >= 0.6 is 0 Å². The molecule has 0 bridgehead atoms. The fourth-order valence-electron chi connectivity index (χ4n) is 4.72. The maximum absolute atomic E-state index is 6.10. The molecule has 7 heteroatoms. The summed E-state index contributed by atoms with van der Waals surface area (Å²) in [5.41, 5.74) is 0. The summed E-state index contributed by atoms with van der Waals surface area (Å²) in [4.78, 5) is 2.66. The molecule has 0 heterocycles. The van der Waals surface area contributed by atoms with E-state index >= 15 is 0 Å². The van der Waals surface area contributed by atoms with Gasteiger partial charge in [0, 0.05) is 39.0 Å². The molecule has 0 atom stereocenters. The molecule has 0 radical (unpaired) electrons. The summed E-state index contributed by atoms with van der Waals surface area (Å²) in [5.74, 6) is 0. The molecular weight excluding hydrogens is 408 g/mol. The number of hydrogen-bond donors (Lipinski definition) is 0. The van der Waals surface area contributed by atoms with E-state index in [-0.39, 0.29) is 0 Å². The predicted octanol–water partition coefficient (Wildman–Crippen LogP) is 5.85. The van der Waals surface area contributed by atoms with Gasteiger partial charge in [0.25, 0.3) is 0 Å². The summed E-state index contributed by atoms with van der Waals surface area (Å²) in [6, 6.07) is 4.94. The quantitative estimate of drug-likeness (QED) is 0.200. The van der Waals surface area contributed by atoms with Gasteiger partial charge in [0.15, 0.2) is 0 Å². The Morgan fingerprint density at radius 3 is 1.40 bits per heavy atom. The SMILES string of the molecule is CCCN(CCC)CCN(CCC[Si](OCC)(OCC)OCC)[Si](CC)(CC)CC. The van der Waals surface area contributed by atoms with Crippen LogP contribution in [-0.4, -0.2) is 79.0 Å². The van der Waals surface area contributed by atoms with Gasteiger partial charge in [0.2, 0.25) is 0 Å². The Bertz CT molecular complexity index is 367. The van der Waals surface area contributed by atoms with Gasteiger partial charge in [-0.2, -0.15) is 0 Å². The molecule has 0 saturated carbocycles. The van der Waals surface area contributed by atoms with E-state index in [2.05, 4.69) is 44.1 Å². The predicted molar refractivity (Wildman–Crippen MR) is 136 cm³/mol. The zero-order chi connectivity index (χ0) is 22.9. The van der Waals surface area contributed by atoms with Crippen LogP contribution < -0.4 is 0 Å². The largest absolute Gasteiger partial charge is 0.500 e. The van der Waals surface area contributed by atoms with Crippen LogP contribution in [0.15, 0.2) is 0 Å². The Morgan fingerprint density at radius 2 is 1.03 bits per heavy atom. The highest BCUT2D eigenvalue weighted by Gasteiger charge is 2.41. The standard InChI is InChI=1S/C23H54N2O3Si2/c1-9-18-24(19-10-2)21-22-25(29(14-6,15-7)16-8)20-17-23-30(26-11-3,27-12-4)28-13-5/h9-23H2,1-8H3. The fourth-order valence-corrected chi connectivity index (χ4v) is 11.4. The third-order valence-corrected chi connectivity index (χ3v) is 15.3. The zero-order valence-electron chi connectivity index (χ0n) is 21.7. The molecule has 182 valence electrons. The molecule has 5 nitrogen and oxygen atoms in total. The minimum Gasteiger partial charge on any atom is -0.374 e. The molecule has 0 fully saturated rings. The molecule has 0 unspecified atom stereocenters. The summed E-state index contributed by atoms with van der Waals surface area (Å²) >= 11 is 0. The molecule has 0 rings (SSSR count). The molecule has 0 saturated heterocycles. The van der Waals surface area contributed by atoms with Gasteiger partial charge in [-0.25, -0.2) is 0 Å². The molecule has 0 aromatic carbocycles. The van der Waals surface area contributed by atoms with E-state index < -0.39 is 17.0 Å². The van der Waals surface area contributed by atoms with E-state index in [1.165, 1.54) is 57.2 Å². The first-order chi connectivity index (χ1) is 14.5. The molecule has 0 aliphatic rings. The highest BCUT2D eigenvalue weighted by molar-refractivity contribution is 6.77. The van der Waals surface area contributed by atoms with Crippen LogP contribution in [0.3, 0.4) is 0 Å². The second kappa shape index (κ2) is 17.7. The third-order valence-electron chi connectivity index (χ3n) is 6.41. The van der Waals surface area contributed by atoms with E-state index in [9.17, 15) is 0 Å². The van der Waals surface area contributed by atoms with Crippen molar-refractivity contribution < 1.29 is 13.3 Å². The van der Waals surface area contributed by atoms with Crippen molar-refractivity contribution in [3.8, 4) is 0 Å². The molecule has 0 aromatic heterocycles. The number of rotatable bonds is 21. The highest BCUT2D eigenvalue weighted by atomic mass is 28.4. The van der Waals surface area contributed by atoms with E-state index in [0.717, 1.165) is 19.0 Å². The highest BCUT2D eigenvalue weighted by Crippen LogP contribution is 2.27. The maximum atomic E-state index is 6.10. The van der Waals surface area contributed by atoms with E-state index in [4.69, 9.17) is 13.3 Å². The van der Waals surface area contributed by atoms with Crippen LogP contribution in [0.4, 0.5) is 0 Å². The van der Waals surface area contributed by atoms with Gasteiger partial charge in [-0.1, -0.05) is 34.6 Å². The minimum atomic E-state index is -2.54. The molecular formula is C23H54N2O3Si2. The maximum Gasteiger partial charge on any atom is 0.500 e. The molecule has 0 aliphatic heterocycles. The molecule has 0 spiro atoms. The van der Waals surface area contributed by atoms with Crippen molar-refractivity contribution in [3.63, 3.8) is 0 Å². The first-order valence-corrected chi connectivity index (χ1v) is 17.4. The Balaban J connectivity index is 5.27. The summed E-state index contributed by atoms with van der Waals surface area (Å²) < 4.78 is 21.2. The second-order valence-electron chi connectivity index (χ2n) is 8.20.